The maximum atomic E-state index is 12.6. The molecule has 1 saturated heterocycles. The highest BCUT2D eigenvalue weighted by atomic mass is 16.4. The van der Waals surface area contributed by atoms with E-state index in [0.717, 1.165) is 19.3 Å². The number of carboxylic acid groups (broad SMARTS) is 1. The fourth-order valence-electron chi connectivity index (χ4n) is 2.58. The largest absolute Gasteiger partial charge is 0.480 e. The molecule has 0 aromatic heterocycles. The van der Waals surface area contributed by atoms with E-state index in [4.69, 9.17) is 5.73 Å². The minimum absolute atomic E-state index is 0.238. The number of carboxylic acids is 1. The number of rotatable bonds is 3. The van der Waals surface area contributed by atoms with Gasteiger partial charge in [-0.1, -0.05) is 18.9 Å². The van der Waals surface area contributed by atoms with Gasteiger partial charge in [-0.15, -0.1) is 0 Å². The van der Waals surface area contributed by atoms with Crippen molar-refractivity contribution in [3.05, 3.63) is 35.4 Å². The highest BCUT2D eigenvalue weighted by molar-refractivity contribution is 6.00. The number of carbonyl (C=O) groups excluding carboxylic acids is 2. The van der Waals surface area contributed by atoms with E-state index in [0.29, 0.717) is 18.5 Å². The fourth-order valence-corrected chi connectivity index (χ4v) is 2.58. The van der Waals surface area contributed by atoms with Crippen LogP contribution in [0, 0.1) is 0 Å². The van der Waals surface area contributed by atoms with Crippen LogP contribution in [0.15, 0.2) is 24.3 Å². The number of benzene rings is 1. The Morgan fingerprint density at radius 1 is 1.14 bits per heavy atom. The molecule has 2 amide bonds. The summed E-state index contributed by atoms with van der Waals surface area (Å²) in [7, 11) is 0. The van der Waals surface area contributed by atoms with Crippen molar-refractivity contribution >= 4 is 17.8 Å². The number of nitrogens with zero attached hydrogens (tertiary/aromatic N) is 1. The first kappa shape index (κ1) is 15.0. The summed E-state index contributed by atoms with van der Waals surface area (Å²) < 4.78 is 0. The number of hydrogen-bond acceptors (Lipinski definition) is 3. The lowest BCUT2D eigenvalue weighted by molar-refractivity contribution is -0.142. The molecule has 21 heavy (non-hydrogen) atoms. The van der Waals surface area contributed by atoms with Gasteiger partial charge in [-0.05, 0) is 31.0 Å². The van der Waals surface area contributed by atoms with E-state index in [1.54, 1.807) is 12.1 Å². The van der Waals surface area contributed by atoms with Gasteiger partial charge in [0, 0.05) is 17.7 Å². The van der Waals surface area contributed by atoms with Crippen LogP contribution in [-0.4, -0.2) is 40.4 Å². The summed E-state index contributed by atoms with van der Waals surface area (Å²) >= 11 is 0. The van der Waals surface area contributed by atoms with Gasteiger partial charge in [0.15, 0.2) is 0 Å². The number of nitrogens with two attached hydrogens (primary N) is 1. The molecule has 1 aliphatic rings. The molecule has 0 saturated carbocycles. The van der Waals surface area contributed by atoms with Gasteiger partial charge in [0.05, 0.1) is 0 Å². The highest BCUT2D eigenvalue weighted by Crippen LogP contribution is 2.20. The van der Waals surface area contributed by atoms with Crippen LogP contribution in [0.3, 0.4) is 0 Å². The van der Waals surface area contributed by atoms with Crippen LogP contribution in [0.5, 0.6) is 0 Å². The lowest BCUT2D eigenvalue weighted by Gasteiger charge is -2.27. The average Bonchev–Trinajstić information content (AvgIpc) is 2.72. The first-order chi connectivity index (χ1) is 10.0. The van der Waals surface area contributed by atoms with Crippen LogP contribution >= 0.6 is 0 Å². The molecule has 1 fully saturated rings. The number of amides is 2. The van der Waals surface area contributed by atoms with E-state index < -0.39 is 17.9 Å². The summed E-state index contributed by atoms with van der Waals surface area (Å²) in [6, 6.07) is 5.27. The van der Waals surface area contributed by atoms with Gasteiger partial charge in [0.25, 0.3) is 5.91 Å². The predicted octanol–water partition coefficient (Wildman–Crippen LogP) is 1.25. The van der Waals surface area contributed by atoms with Gasteiger partial charge in [0.2, 0.25) is 5.91 Å². The van der Waals surface area contributed by atoms with Crippen LogP contribution < -0.4 is 5.73 Å². The third kappa shape index (κ3) is 3.39. The summed E-state index contributed by atoms with van der Waals surface area (Å²) in [4.78, 5) is 36.5. The molecule has 1 atom stereocenters. The number of carbonyl (C=O) groups is 3. The van der Waals surface area contributed by atoms with Crippen molar-refractivity contribution < 1.29 is 19.5 Å². The molecule has 1 aliphatic heterocycles. The van der Waals surface area contributed by atoms with Crippen molar-refractivity contribution in [2.24, 2.45) is 5.73 Å². The van der Waals surface area contributed by atoms with Crippen LogP contribution in [0.1, 0.15) is 46.4 Å². The Kier molecular flexibility index (Phi) is 4.57. The zero-order valence-electron chi connectivity index (χ0n) is 11.6. The summed E-state index contributed by atoms with van der Waals surface area (Å²) in [6.45, 7) is 0.413. The maximum absolute atomic E-state index is 12.6. The number of aliphatic carboxylic acids is 1. The molecule has 0 aliphatic carbocycles. The quantitative estimate of drug-likeness (QED) is 0.874. The molecule has 1 heterocycles. The molecule has 3 N–H and O–H groups in total. The van der Waals surface area contributed by atoms with Crippen molar-refractivity contribution in [1.29, 1.82) is 0 Å². The topological polar surface area (TPSA) is 101 Å². The van der Waals surface area contributed by atoms with Gasteiger partial charge >= 0.3 is 5.97 Å². The Morgan fingerprint density at radius 3 is 2.52 bits per heavy atom. The van der Waals surface area contributed by atoms with E-state index in [1.807, 2.05) is 0 Å². The molecule has 1 aromatic rings. The van der Waals surface area contributed by atoms with Crippen molar-refractivity contribution in [2.45, 2.75) is 31.7 Å². The molecule has 1 unspecified atom stereocenters. The molecule has 112 valence electrons. The van der Waals surface area contributed by atoms with Crippen molar-refractivity contribution in [3.8, 4) is 0 Å². The summed E-state index contributed by atoms with van der Waals surface area (Å²) in [5.74, 6) is -1.97. The van der Waals surface area contributed by atoms with E-state index in [1.165, 1.54) is 17.0 Å². The molecule has 0 bridgehead atoms. The standard InChI is InChI=1S/C15H18N2O4/c16-13(18)10-5-4-6-11(9-10)14(19)17-8-3-1-2-7-12(17)15(20)21/h4-6,9,12H,1-3,7-8H2,(H2,16,18)(H,20,21). The molecule has 0 radical (unpaired) electrons. The normalized spacial score (nSPS) is 18.9. The lowest BCUT2D eigenvalue weighted by atomic mass is 10.1. The van der Waals surface area contributed by atoms with Crippen molar-refractivity contribution in [2.75, 3.05) is 6.54 Å². The third-order valence-electron chi connectivity index (χ3n) is 3.69. The van der Waals surface area contributed by atoms with E-state index in [2.05, 4.69) is 0 Å². The Labute approximate surface area is 122 Å². The average molecular weight is 290 g/mol. The summed E-state index contributed by atoms with van der Waals surface area (Å²) in [5.41, 5.74) is 5.73. The van der Waals surface area contributed by atoms with Crippen molar-refractivity contribution in [1.82, 2.24) is 4.90 Å². The third-order valence-corrected chi connectivity index (χ3v) is 3.69. The smallest absolute Gasteiger partial charge is 0.326 e. The van der Waals surface area contributed by atoms with E-state index in [-0.39, 0.29) is 11.5 Å². The molecule has 2 rings (SSSR count). The fraction of sp³-hybridized carbons (Fsp3) is 0.400. The monoisotopic (exact) mass is 290 g/mol. The summed E-state index contributed by atoms with van der Waals surface area (Å²) in [5, 5.41) is 9.30. The SMILES string of the molecule is NC(=O)c1cccc(C(=O)N2CCCCCC2C(=O)O)c1. The molecular formula is C15H18N2O4. The molecule has 6 heteroatoms. The summed E-state index contributed by atoms with van der Waals surface area (Å²) in [6.07, 6.45) is 2.94. The molecule has 6 nitrogen and oxygen atoms in total. The zero-order chi connectivity index (χ0) is 15.4. The molecule has 1 aromatic carbocycles. The van der Waals surface area contributed by atoms with Crippen LogP contribution in [-0.2, 0) is 4.79 Å². The van der Waals surface area contributed by atoms with E-state index >= 15 is 0 Å². The van der Waals surface area contributed by atoms with Crippen LogP contribution in [0.4, 0.5) is 0 Å². The Morgan fingerprint density at radius 2 is 1.86 bits per heavy atom. The number of primary amides is 1. The Bertz CT molecular complexity index is 571. The highest BCUT2D eigenvalue weighted by Gasteiger charge is 2.31. The lowest BCUT2D eigenvalue weighted by Crippen LogP contribution is -2.44. The Hall–Kier alpha value is -2.37. The second-order valence-electron chi connectivity index (χ2n) is 5.15. The second kappa shape index (κ2) is 6.39. The van der Waals surface area contributed by atoms with Gasteiger partial charge in [-0.25, -0.2) is 4.79 Å². The van der Waals surface area contributed by atoms with Gasteiger partial charge < -0.3 is 15.7 Å². The van der Waals surface area contributed by atoms with Crippen LogP contribution in [0.25, 0.3) is 0 Å². The Balaban J connectivity index is 2.29. The molecule has 0 spiro atoms. The number of hydrogen-bond donors (Lipinski definition) is 2. The minimum Gasteiger partial charge on any atom is -0.480 e. The van der Waals surface area contributed by atoms with Gasteiger partial charge in [0.1, 0.15) is 6.04 Å². The van der Waals surface area contributed by atoms with E-state index in [9.17, 15) is 19.5 Å². The van der Waals surface area contributed by atoms with Crippen molar-refractivity contribution in [3.63, 3.8) is 0 Å². The predicted molar refractivity (Wildman–Crippen MR) is 75.9 cm³/mol. The first-order valence-electron chi connectivity index (χ1n) is 6.94. The second-order valence-corrected chi connectivity index (χ2v) is 5.15. The minimum atomic E-state index is -0.990. The van der Waals surface area contributed by atoms with Crippen LogP contribution in [0.2, 0.25) is 0 Å². The molecular weight excluding hydrogens is 272 g/mol. The van der Waals surface area contributed by atoms with Gasteiger partial charge in [-0.2, -0.15) is 0 Å². The number of likely N-dealkylation sites (tertiary alicyclic amines) is 1. The zero-order valence-corrected chi connectivity index (χ0v) is 11.6. The first-order valence-corrected chi connectivity index (χ1v) is 6.94. The maximum Gasteiger partial charge on any atom is 0.326 e. The van der Waals surface area contributed by atoms with Gasteiger partial charge in [-0.3, -0.25) is 9.59 Å².